The van der Waals surface area contributed by atoms with E-state index in [2.05, 4.69) is 29.8 Å². The molecule has 1 saturated heterocycles. The Balaban J connectivity index is 2.08. The number of hydrogen-bond donors (Lipinski definition) is 0. The minimum absolute atomic E-state index is 0.184. The fourth-order valence-corrected chi connectivity index (χ4v) is 3.84. The van der Waals surface area contributed by atoms with Gasteiger partial charge in [-0.05, 0) is 17.7 Å². The highest BCUT2D eigenvalue weighted by Gasteiger charge is 2.34. The molecule has 0 aliphatic carbocycles. The number of nitrogens with zero attached hydrogens (tertiary/aromatic N) is 2. The second-order valence-corrected chi connectivity index (χ2v) is 7.16. The lowest BCUT2D eigenvalue weighted by Gasteiger charge is -2.31. The Morgan fingerprint density at radius 2 is 2.04 bits per heavy atom. The largest absolute Gasteiger partial charge is 0.373 e. The van der Waals surface area contributed by atoms with Gasteiger partial charge in [0.25, 0.3) is 5.82 Å². The van der Waals surface area contributed by atoms with E-state index in [1.807, 2.05) is 6.26 Å². The molecule has 5 nitrogen and oxygen atoms in total. The molecule has 0 saturated carbocycles. The third-order valence-electron chi connectivity index (χ3n) is 4.64. The van der Waals surface area contributed by atoms with Gasteiger partial charge < -0.3 is 9.47 Å². The molecule has 1 aromatic rings. The van der Waals surface area contributed by atoms with Crippen molar-refractivity contribution < 1.29 is 14.5 Å². The van der Waals surface area contributed by atoms with E-state index in [1.54, 1.807) is 11.8 Å². The van der Waals surface area contributed by atoms with Gasteiger partial charge in [0.05, 0.1) is 31.5 Å². The first kappa shape index (κ1) is 16.6. The minimum Gasteiger partial charge on any atom is -0.373 e. The predicted octanol–water partition coefficient (Wildman–Crippen LogP) is 2.03. The molecule has 124 valence electrons. The highest BCUT2D eigenvalue weighted by molar-refractivity contribution is 7.98. The number of pyridine rings is 1. The lowest BCUT2D eigenvalue weighted by molar-refractivity contribution is -0.415. The highest BCUT2D eigenvalue weighted by atomic mass is 32.2. The Morgan fingerprint density at radius 3 is 2.65 bits per heavy atom. The molecule has 1 fully saturated rings. The van der Waals surface area contributed by atoms with Crippen molar-refractivity contribution in [2.24, 2.45) is 5.92 Å². The van der Waals surface area contributed by atoms with Gasteiger partial charge in [0.1, 0.15) is 24.7 Å². The van der Waals surface area contributed by atoms with E-state index in [4.69, 9.17) is 9.47 Å². The molecule has 3 heterocycles. The summed E-state index contributed by atoms with van der Waals surface area (Å²) in [6.45, 7) is 8.15. The van der Waals surface area contributed by atoms with Gasteiger partial charge in [0.15, 0.2) is 5.03 Å². The maximum Gasteiger partial charge on any atom is 0.281 e. The molecule has 2 aliphatic rings. The maximum absolute atomic E-state index is 9.67. The standard InChI is InChI=1S/C17H23N3O2S/c1-11(2)15-8-12-13(9-18)17(23-3)19-16(14(12)10-22-15)20-4-6-21-7-5-20/h11,15H,4-8,10H2,1-3H3/p+1/t15-/m1/s1. The molecule has 0 aromatic carbocycles. The van der Waals surface area contributed by atoms with Crippen molar-refractivity contribution in [2.45, 2.75) is 38.0 Å². The molecule has 0 amide bonds. The monoisotopic (exact) mass is 334 g/mol. The molecule has 3 rings (SSSR count). The second kappa shape index (κ2) is 7.08. The van der Waals surface area contributed by atoms with E-state index in [0.29, 0.717) is 12.5 Å². The van der Waals surface area contributed by atoms with E-state index >= 15 is 0 Å². The number of anilines is 1. The first-order chi connectivity index (χ1) is 11.2. The number of hydrogen-bond acceptors (Lipinski definition) is 5. The minimum atomic E-state index is 0.184. The molecular weight excluding hydrogens is 310 g/mol. The second-order valence-electron chi connectivity index (χ2n) is 6.35. The van der Waals surface area contributed by atoms with Gasteiger partial charge in [-0.25, -0.2) is 4.98 Å². The van der Waals surface area contributed by atoms with Crippen LogP contribution in [0, 0.1) is 17.2 Å². The summed E-state index contributed by atoms with van der Waals surface area (Å²) in [6, 6.07) is 2.41. The Morgan fingerprint density at radius 1 is 1.30 bits per heavy atom. The van der Waals surface area contributed by atoms with Crippen molar-refractivity contribution in [2.75, 3.05) is 37.5 Å². The first-order valence-electron chi connectivity index (χ1n) is 8.15. The normalized spacial score (nSPS) is 21.2. The van der Waals surface area contributed by atoms with E-state index < -0.39 is 0 Å². The van der Waals surface area contributed by atoms with Crippen LogP contribution in [0.25, 0.3) is 0 Å². The van der Waals surface area contributed by atoms with Crippen LogP contribution in [-0.4, -0.2) is 38.7 Å². The van der Waals surface area contributed by atoms with Crippen molar-refractivity contribution in [3.05, 3.63) is 16.7 Å². The number of rotatable bonds is 3. The summed E-state index contributed by atoms with van der Waals surface area (Å²) in [6.07, 6.45) is 3.01. The zero-order valence-corrected chi connectivity index (χ0v) is 14.8. The summed E-state index contributed by atoms with van der Waals surface area (Å²) >= 11 is 1.60. The average Bonchev–Trinajstić information content (AvgIpc) is 2.60. The molecule has 1 atom stereocenters. The van der Waals surface area contributed by atoms with Crippen LogP contribution in [-0.2, 0) is 22.5 Å². The Hall–Kier alpha value is -1.29. The van der Waals surface area contributed by atoms with E-state index in [0.717, 1.165) is 54.7 Å². The quantitative estimate of drug-likeness (QED) is 0.792. The zero-order valence-electron chi connectivity index (χ0n) is 14.0. The summed E-state index contributed by atoms with van der Waals surface area (Å²) in [7, 11) is 0. The van der Waals surface area contributed by atoms with E-state index in [9.17, 15) is 5.26 Å². The number of H-pyrrole nitrogens is 1. The number of morpholine rings is 1. The maximum atomic E-state index is 9.67. The molecule has 2 aliphatic heterocycles. The molecule has 1 N–H and O–H groups in total. The number of thioether (sulfide) groups is 1. The van der Waals surface area contributed by atoms with Crippen LogP contribution >= 0.6 is 11.8 Å². The summed E-state index contributed by atoms with van der Waals surface area (Å²) in [5, 5.41) is 10.6. The van der Waals surface area contributed by atoms with Crippen LogP contribution in [0.1, 0.15) is 30.5 Å². The third-order valence-corrected chi connectivity index (χ3v) is 5.36. The number of nitriles is 1. The molecule has 0 bridgehead atoms. The number of aromatic nitrogens is 1. The molecule has 1 aromatic heterocycles. The molecule has 0 unspecified atom stereocenters. The van der Waals surface area contributed by atoms with Crippen LogP contribution < -0.4 is 9.88 Å². The van der Waals surface area contributed by atoms with Crippen LogP contribution in [0.2, 0.25) is 0 Å². The van der Waals surface area contributed by atoms with Crippen molar-refractivity contribution >= 4 is 17.6 Å². The SMILES string of the molecule is CSc1[nH+]c(N2CCOCC2)c2c(c1C#N)C[C@H](C(C)C)OC2. The van der Waals surface area contributed by atoms with Crippen molar-refractivity contribution in [3.63, 3.8) is 0 Å². The van der Waals surface area contributed by atoms with Gasteiger partial charge in [-0.3, -0.25) is 4.90 Å². The summed E-state index contributed by atoms with van der Waals surface area (Å²) in [4.78, 5) is 5.81. The van der Waals surface area contributed by atoms with Gasteiger partial charge >= 0.3 is 0 Å². The smallest absolute Gasteiger partial charge is 0.281 e. The number of aromatic amines is 1. The van der Waals surface area contributed by atoms with Crippen LogP contribution in [0.4, 0.5) is 5.82 Å². The number of ether oxygens (including phenoxy) is 2. The Bertz CT molecular complexity index is 621. The lowest BCUT2D eigenvalue weighted by Crippen LogP contribution is -2.42. The van der Waals surface area contributed by atoms with Crippen LogP contribution in [0.15, 0.2) is 5.03 Å². The topological polar surface area (TPSA) is 59.6 Å². The molecule has 0 spiro atoms. The molecule has 23 heavy (non-hydrogen) atoms. The summed E-state index contributed by atoms with van der Waals surface area (Å²) in [5.41, 5.74) is 3.11. The first-order valence-corrected chi connectivity index (χ1v) is 9.37. The summed E-state index contributed by atoms with van der Waals surface area (Å²) < 4.78 is 11.5. The average molecular weight is 334 g/mol. The fraction of sp³-hybridized carbons (Fsp3) is 0.647. The van der Waals surface area contributed by atoms with Gasteiger partial charge in [0.2, 0.25) is 0 Å². The van der Waals surface area contributed by atoms with Gasteiger partial charge in [-0.1, -0.05) is 25.6 Å². The van der Waals surface area contributed by atoms with Crippen molar-refractivity contribution in [1.82, 2.24) is 0 Å². The summed E-state index contributed by atoms with van der Waals surface area (Å²) in [5.74, 6) is 1.55. The number of nitrogens with one attached hydrogen (secondary N) is 1. The van der Waals surface area contributed by atoms with E-state index in [1.165, 1.54) is 5.56 Å². The highest BCUT2D eigenvalue weighted by Crippen LogP contribution is 2.34. The van der Waals surface area contributed by atoms with Crippen LogP contribution in [0.3, 0.4) is 0 Å². The Labute approximate surface area is 142 Å². The third kappa shape index (κ3) is 3.18. The van der Waals surface area contributed by atoms with Crippen molar-refractivity contribution in [1.29, 1.82) is 5.26 Å². The van der Waals surface area contributed by atoms with Gasteiger partial charge in [-0.2, -0.15) is 5.26 Å². The van der Waals surface area contributed by atoms with Crippen LogP contribution in [0.5, 0.6) is 0 Å². The van der Waals surface area contributed by atoms with Gasteiger partial charge in [-0.15, -0.1) is 0 Å². The number of fused-ring (bicyclic) bond motifs is 1. The lowest BCUT2D eigenvalue weighted by atomic mass is 9.91. The molecular formula is C17H24N3O2S+. The van der Waals surface area contributed by atoms with E-state index in [-0.39, 0.29) is 6.10 Å². The molecule has 0 radical (unpaired) electrons. The zero-order chi connectivity index (χ0) is 16.4. The predicted molar refractivity (Wildman–Crippen MR) is 89.6 cm³/mol. The fourth-order valence-electron chi connectivity index (χ4n) is 3.26. The molecule has 6 heteroatoms. The van der Waals surface area contributed by atoms with Crippen molar-refractivity contribution in [3.8, 4) is 6.07 Å². The Kier molecular flexibility index (Phi) is 5.10. The van der Waals surface area contributed by atoms with Gasteiger partial charge in [0, 0.05) is 6.42 Å².